The van der Waals surface area contributed by atoms with Crippen molar-refractivity contribution in [1.29, 1.82) is 0 Å². The lowest BCUT2D eigenvalue weighted by molar-refractivity contribution is -0.316. The number of amides is 6. The Balaban J connectivity index is 1.03. The van der Waals surface area contributed by atoms with E-state index in [9.17, 15) is 68.7 Å². The molecule has 6 amide bonds. The molecule has 4 aliphatic heterocycles. The van der Waals surface area contributed by atoms with E-state index in [1.165, 1.54) is 21.3 Å². The van der Waals surface area contributed by atoms with Crippen LogP contribution in [-0.4, -0.2) is 201 Å². The number of aliphatic carboxylic acids is 1. The highest BCUT2D eigenvalue weighted by Crippen LogP contribution is 2.38. The molecule has 101 heavy (non-hydrogen) atoms. The van der Waals surface area contributed by atoms with Gasteiger partial charge in [0.25, 0.3) is 29.3 Å². The number of aliphatic hydroxyl groups excluding tert-OH is 3. The number of para-hydroxylation sites is 1. The Morgan fingerprint density at radius 2 is 1.51 bits per heavy atom. The van der Waals surface area contributed by atoms with Crippen molar-refractivity contribution in [3.63, 3.8) is 0 Å². The summed E-state index contributed by atoms with van der Waals surface area (Å²) in [5.74, 6) is -12.7. The third-order valence-corrected chi connectivity index (χ3v) is 21.1. The number of allylic oxidation sites excluding steroid dienone is 4. The summed E-state index contributed by atoms with van der Waals surface area (Å²) in [6.07, 6.45) is 1.96. The van der Waals surface area contributed by atoms with Gasteiger partial charge in [-0.1, -0.05) is 86.5 Å². The van der Waals surface area contributed by atoms with E-state index in [0.29, 0.717) is 87.6 Å². The number of aryl methyl sites for hydroxylation is 2. The Morgan fingerprint density at radius 3 is 2.20 bits per heavy atom. The SMILES string of the molecule is C=CC[C@@H]1/C=C(\C)C[C@H](C)C[C@H](OC)[C@H]2O[C@@](O)(C(=O)C(=O)N3CCCC[C@H]3C(=O)O[C@H](/C(C)=C/[C@@H]3CC[C@@H](O)[C@H](OC)C3)[C@H](C)[C@@H](O)C/C1=N/NC(=O)CCCCCN1C(=O)C=C(SCC(NC(=O)CCC(=O)N(Cc3ccccc3C)c3ccccc3C)C(=O)O)C1=O)[C@H](O)C[C@@H]2OC. The van der Waals surface area contributed by atoms with Crippen LogP contribution in [0.1, 0.15) is 154 Å². The summed E-state index contributed by atoms with van der Waals surface area (Å²) in [4.78, 5) is 127. The fourth-order valence-electron chi connectivity index (χ4n) is 14.2. The van der Waals surface area contributed by atoms with Crippen LogP contribution in [0.3, 0.4) is 0 Å². The molecule has 7 N–H and O–H groups in total. The second-order valence-corrected chi connectivity index (χ2v) is 28.7. The number of aliphatic hydroxyl groups is 4. The lowest BCUT2D eigenvalue weighted by Gasteiger charge is -2.46. The predicted molar refractivity (Wildman–Crippen MR) is 378 cm³/mol. The molecule has 4 heterocycles. The molecular formula is C75H104N6O19S. The Hall–Kier alpha value is -7.27. The average Bonchev–Trinajstić information content (AvgIpc) is 1.36. The number of nitrogens with one attached hydrogen (secondary N) is 2. The molecule has 5 aliphatic rings. The van der Waals surface area contributed by atoms with Gasteiger partial charge in [-0.3, -0.25) is 38.5 Å². The van der Waals surface area contributed by atoms with E-state index in [1.54, 1.807) is 24.8 Å². The number of ether oxygens (including phenoxy) is 5. The van der Waals surface area contributed by atoms with Crippen LogP contribution < -0.4 is 15.6 Å². The Bertz CT molecular complexity index is 3410. The van der Waals surface area contributed by atoms with Crippen molar-refractivity contribution in [3.05, 3.63) is 112 Å². The van der Waals surface area contributed by atoms with Crippen molar-refractivity contribution in [1.82, 2.24) is 20.5 Å². The summed E-state index contributed by atoms with van der Waals surface area (Å²) >= 11 is 0.815. The maximum atomic E-state index is 14.8. The number of carboxylic acids is 1. The van der Waals surface area contributed by atoms with Gasteiger partial charge in [-0.05, 0) is 138 Å². The van der Waals surface area contributed by atoms with E-state index < -0.39 is 126 Å². The number of carbonyl (C=O) groups is 9. The van der Waals surface area contributed by atoms with Crippen LogP contribution in [0.2, 0.25) is 0 Å². The van der Waals surface area contributed by atoms with Gasteiger partial charge in [0.15, 0.2) is 0 Å². The number of methoxy groups -OCH3 is 3. The summed E-state index contributed by atoms with van der Waals surface area (Å²) in [6, 6.07) is 12.3. The van der Waals surface area contributed by atoms with Crippen LogP contribution in [0.4, 0.5) is 5.69 Å². The van der Waals surface area contributed by atoms with Crippen molar-refractivity contribution >= 4 is 76.3 Å². The number of Topliss-reactive ketones (excluding diaryl/α,β-unsaturated/α-hetero) is 1. The van der Waals surface area contributed by atoms with Crippen molar-refractivity contribution < 1.29 is 92.4 Å². The van der Waals surface area contributed by atoms with Gasteiger partial charge < -0.3 is 64.3 Å². The van der Waals surface area contributed by atoms with E-state index in [4.69, 9.17) is 28.8 Å². The minimum atomic E-state index is -3.04. The average molecular weight is 1430 g/mol. The van der Waals surface area contributed by atoms with Crippen LogP contribution in [-0.2, 0) is 73.4 Å². The van der Waals surface area contributed by atoms with Crippen LogP contribution in [0, 0.1) is 37.5 Å². The summed E-state index contributed by atoms with van der Waals surface area (Å²) in [7, 11) is 4.35. The molecule has 26 heteroatoms. The quantitative estimate of drug-likeness (QED) is 0.0131. The smallest absolute Gasteiger partial charge is 0.329 e. The van der Waals surface area contributed by atoms with Crippen LogP contribution in [0.25, 0.3) is 0 Å². The third kappa shape index (κ3) is 21.7. The number of nitrogens with zero attached hydrogens (tertiary/aromatic N) is 4. The number of fused-ring (bicyclic) bond motifs is 3. The van der Waals surface area contributed by atoms with E-state index >= 15 is 0 Å². The van der Waals surface area contributed by atoms with E-state index in [2.05, 4.69) is 17.3 Å². The van der Waals surface area contributed by atoms with Crippen molar-refractivity contribution in [3.8, 4) is 0 Å². The molecule has 1 aliphatic carbocycles. The molecule has 0 radical (unpaired) electrons. The van der Waals surface area contributed by atoms with E-state index in [-0.39, 0.29) is 86.6 Å². The van der Waals surface area contributed by atoms with Crippen molar-refractivity contribution in [2.45, 2.75) is 224 Å². The number of hydrogen-bond donors (Lipinski definition) is 7. The molecule has 2 aromatic rings. The molecule has 1 saturated carbocycles. The van der Waals surface area contributed by atoms with Crippen molar-refractivity contribution in [2.24, 2.45) is 28.8 Å². The molecule has 0 spiro atoms. The zero-order chi connectivity index (χ0) is 73.8. The first-order valence-corrected chi connectivity index (χ1v) is 36.1. The Morgan fingerprint density at radius 1 is 0.822 bits per heavy atom. The monoisotopic (exact) mass is 1420 g/mol. The minimum Gasteiger partial charge on any atom is -0.480 e. The maximum Gasteiger partial charge on any atom is 0.329 e. The molecular weight excluding hydrogens is 1320 g/mol. The lowest BCUT2D eigenvalue weighted by atomic mass is 9.81. The second-order valence-electron chi connectivity index (χ2n) is 27.6. The molecule has 2 saturated heterocycles. The number of imide groups is 1. The van der Waals surface area contributed by atoms with Crippen LogP contribution in [0.15, 0.2) is 101 Å². The van der Waals surface area contributed by atoms with E-state index in [0.717, 1.165) is 49.9 Å². The fourth-order valence-corrected chi connectivity index (χ4v) is 15.1. The maximum absolute atomic E-state index is 14.8. The molecule has 2 aromatic carbocycles. The predicted octanol–water partition coefficient (Wildman–Crippen LogP) is 7.01. The molecule has 3 fully saturated rings. The first-order valence-electron chi connectivity index (χ1n) is 35.2. The van der Waals surface area contributed by atoms with Gasteiger partial charge in [-0.15, -0.1) is 18.3 Å². The molecule has 1 unspecified atom stereocenters. The highest BCUT2D eigenvalue weighted by atomic mass is 32.2. The Kier molecular flexibility index (Phi) is 30.7. The number of esters is 1. The number of thioether (sulfide) groups is 1. The van der Waals surface area contributed by atoms with Gasteiger partial charge in [0.05, 0.1) is 42.0 Å². The number of carbonyl (C=O) groups excluding carboxylic acids is 8. The van der Waals surface area contributed by atoms with Crippen molar-refractivity contribution in [2.75, 3.05) is 45.1 Å². The Labute approximate surface area is 596 Å². The number of cyclic esters (lactones) is 1. The first kappa shape index (κ1) is 81.0. The lowest BCUT2D eigenvalue weighted by Crippen LogP contribution is -2.67. The molecule has 0 aromatic heterocycles. The molecule has 7 rings (SSSR count). The van der Waals surface area contributed by atoms with Gasteiger partial charge >= 0.3 is 11.9 Å². The zero-order valence-corrected chi connectivity index (χ0v) is 60.5. The van der Waals surface area contributed by atoms with Crippen LogP contribution in [0.5, 0.6) is 0 Å². The zero-order valence-electron chi connectivity index (χ0n) is 59.7. The molecule has 554 valence electrons. The highest BCUT2D eigenvalue weighted by molar-refractivity contribution is 8.04. The number of carboxylic acid groups (broad SMARTS) is 1. The summed E-state index contributed by atoms with van der Waals surface area (Å²) in [6.45, 7) is 15.4. The number of hydrogen-bond acceptors (Lipinski definition) is 20. The highest BCUT2D eigenvalue weighted by Gasteiger charge is 2.58. The normalized spacial score (nSPS) is 29.5. The summed E-state index contributed by atoms with van der Waals surface area (Å²) in [5, 5.41) is 63.9. The van der Waals surface area contributed by atoms with E-state index in [1.807, 2.05) is 88.4 Å². The first-order chi connectivity index (χ1) is 48.1. The topological polar surface area (TPSA) is 347 Å². The largest absolute Gasteiger partial charge is 0.480 e. The standard InChI is InChI=1S/C75H104N6O19S/c1-11-21-51-35-44(2)34-45(3)36-60(97-9)69-61(98-10)40-63(84)75(95,100-69)70(89)72(91)79-32-20-18-26-56(79)74(94)99-68(48(6)37-50-28-29-57(82)59(38-50)96-8)49(7)58(83)39-53(51)77-78-65(86)27-13-12-19-33-80-67(88)41-62(71(80)90)101-43-54(73(92)93)76-64(85)30-31-66(87)81(55-25-17-15-23-47(55)5)42-52-24-16-14-22-46(52)4/h11,14-17,22-25,35,37,41,45,49-51,54,56-61,63,68-69,82-84,95H,1,12-13,18-21,26-34,36,38-40,42-43H2,2-10H3,(H,76,85)(H,78,86)(H,92,93)/b44-35+,48-37+,77-53-/t45-,49+,50-,51+,54?,56-,57+,58-,59+,60-,61-,63+,68+,69+,75+/m0/s1. The van der Waals surface area contributed by atoms with Gasteiger partial charge in [0.2, 0.25) is 17.7 Å². The third-order valence-electron chi connectivity index (χ3n) is 20.0. The van der Waals surface area contributed by atoms with Gasteiger partial charge in [0, 0.05) is 102 Å². The number of piperidine rings is 1. The number of unbranched alkanes of at least 4 members (excludes halogenated alkanes) is 2. The van der Waals surface area contributed by atoms with Crippen LogP contribution >= 0.6 is 11.8 Å². The van der Waals surface area contributed by atoms with Gasteiger partial charge in [-0.25, -0.2) is 15.0 Å². The van der Waals surface area contributed by atoms with Gasteiger partial charge in [-0.2, -0.15) is 5.10 Å². The molecule has 15 atom stereocenters. The second kappa shape index (κ2) is 38.3. The molecule has 25 nitrogen and oxygen atoms in total. The number of ketones is 1. The number of anilines is 1. The number of hydrazone groups is 1. The summed E-state index contributed by atoms with van der Waals surface area (Å²) < 4.78 is 29.8. The fraction of sp³-hybridized carbons (Fsp3) is 0.600. The number of rotatable bonds is 25. The van der Waals surface area contributed by atoms with Gasteiger partial charge in [0.1, 0.15) is 30.4 Å². The molecule has 2 bridgehead atoms. The summed E-state index contributed by atoms with van der Waals surface area (Å²) in [5.41, 5.74) is 7.96. The minimum absolute atomic E-state index is 0.00301. The number of benzene rings is 2.